The topological polar surface area (TPSA) is 46.2 Å². The number of nitrogens with one attached hydrogen (secondary N) is 1. The summed E-state index contributed by atoms with van der Waals surface area (Å²) in [6.45, 7) is 4.06. The van der Waals surface area contributed by atoms with Gasteiger partial charge in [-0.1, -0.05) is 48.0 Å². The largest absolute Gasteiger partial charge is 0.241 e. The highest BCUT2D eigenvalue weighted by molar-refractivity contribution is 9.09. The average molecular weight is 332 g/mol. The van der Waals surface area contributed by atoms with Crippen LogP contribution in [0.3, 0.4) is 0 Å². The molecule has 0 saturated heterocycles. The van der Waals surface area contributed by atoms with Gasteiger partial charge >= 0.3 is 0 Å². The molecule has 2 rings (SSSR count). The van der Waals surface area contributed by atoms with Gasteiger partial charge in [-0.3, -0.25) is 0 Å². The summed E-state index contributed by atoms with van der Waals surface area (Å²) in [6, 6.07) is 7.38. The van der Waals surface area contributed by atoms with Crippen molar-refractivity contribution >= 4 is 26.0 Å². The van der Waals surface area contributed by atoms with Crippen LogP contribution in [0.15, 0.2) is 29.2 Å². The molecular weight excluding hydrogens is 314 g/mol. The van der Waals surface area contributed by atoms with Gasteiger partial charge in [-0.15, -0.1) is 0 Å². The lowest BCUT2D eigenvalue weighted by Gasteiger charge is -2.18. The zero-order chi connectivity index (χ0) is 13.3. The van der Waals surface area contributed by atoms with Gasteiger partial charge in [0.15, 0.2) is 0 Å². The number of benzene rings is 1. The van der Waals surface area contributed by atoms with Crippen LogP contribution in [0.4, 0.5) is 0 Å². The minimum Gasteiger partial charge on any atom is -0.208 e. The Bertz CT molecular complexity index is 524. The molecule has 1 fully saturated rings. The molecule has 0 radical (unpaired) electrons. The van der Waals surface area contributed by atoms with Gasteiger partial charge in [0.25, 0.3) is 0 Å². The normalized spacial score (nSPS) is 19.5. The van der Waals surface area contributed by atoms with E-state index >= 15 is 0 Å². The Balaban J connectivity index is 2.37. The molecule has 5 heteroatoms. The Morgan fingerprint density at radius 2 is 1.89 bits per heavy atom. The van der Waals surface area contributed by atoms with Crippen LogP contribution >= 0.6 is 15.9 Å². The highest BCUT2D eigenvalue weighted by Crippen LogP contribution is 2.30. The third-order valence-electron chi connectivity index (χ3n) is 3.29. The summed E-state index contributed by atoms with van der Waals surface area (Å²) in [4.78, 5) is 0.644. The summed E-state index contributed by atoms with van der Waals surface area (Å²) < 4.78 is 27.3. The van der Waals surface area contributed by atoms with Crippen LogP contribution in [0.5, 0.6) is 0 Å². The van der Waals surface area contributed by atoms with Crippen LogP contribution in [0.2, 0.25) is 0 Å². The number of hydrogen-bond donors (Lipinski definition) is 1. The van der Waals surface area contributed by atoms with Crippen molar-refractivity contribution in [1.29, 1.82) is 0 Å². The van der Waals surface area contributed by atoms with E-state index in [0.29, 0.717) is 4.90 Å². The summed E-state index contributed by atoms with van der Waals surface area (Å²) >= 11 is 3.53. The number of halogens is 1. The van der Waals surface area contributed by atoms with Crippen molar-refractivity contribution in [2.75, 3.05) is 0 Å². The maximum atomic E-state index is 12.3. The fourth-order valence-corrected chi connectivity index (χ4v) is 3.74. The summed E-state index contributed by atoms with van der Waals surface area (Å²) in [6.07, 6.45) is 1.90. The third kappa shape index (κ3) is 3.13. The molecule has 1 aromatic carbocycles. The predicted octanol–water partition coefficient (Wildman–Crippen LogP) is 3.01. The molecule has 18 heavy (non-hydrogen) atoms. The van der Waals surface area contributed by atoms with Crippen LogP contribution in [0, 0.1) is 0 Å². The summed E-state index contributed by atoms with van der Waals surface area (Å²) in [5.41, 5.74) is 0.870. The minimum atomic E-state index is -3.38. The molecule has 2 atom stereocenters. The van der Waals surface area contributed by atoms with Crippen LogP contribution in [0.25, 0.3) is 0 Å². The number of alkyl halides is 1. The van der Waals surface area contributed by atoms with E-state index < -0.39 is 10.0 Å². The molecule has 0 aliphatic heterocycles. The Hall–Kier alpha value is -0.390. The second-order valence-electron chi connectivity index (χ2n) is 4.90. The van der Waals surface area contributed by atoms with Gasteiger partial charge in [-0.25, -0.2) is 13.1 Å². The Morgan fingerprint density at radius 3 is 2.44 bits per heavy atom. The molecule has 3 nitrogen and oxygen atoms in total. The summed E-state index contributed by atoms with van der Waals surface area (Å²) in [5.74, 6) is 0.150. The highest BCUT2D eigenvalue weighted by Gasteiger charge is 2.30. The van der Waals surface area contributed by atoms with E-state index in [1.807, 2.05) is 26.0 Å². The first-order chi connectivity index (χ1) is 8.42. The maximum absolute atomic E-state index is 12.3. The fraction of sp³-hybridized carbons (Fsp3) is 0.538. The SMILES string of the molecule is CC(Br)C(C)c1ccccc1S(=O)(=O)NC1CC1. The number of rotatable bonds is 5. The highest BCUT2D eigenvalue weighted by atomic mass is 79.9. The Labute approximate surface area is 117 Å². The van der Waals surface area contributed by atoms with Gasteiger partial charge in [0, 0.05) is 10.9 Å². The molecule has 2 unspecified atom stereocenters. The molecule has 0 amide bonds. The number of hydrogen-bond acceptors (Lipinski definition) is 2. The molecule has 1 aromatic rings. The van der Waals surface area contributed by atoms with Crippen molar-refractivity contribution in [1.82, 2.24) is 4.72 Å². The molecule has 1 aliphatic rings. The number of sulfonamides is 1. The van der Waals surface area contributed by atoms with Crippen LogP contribution in [0.1, 0.15) is 38.2 Å². The summed E-state index contributed by atoms with van der Waals surface area (Å²) in [7, 11) is -3.38. The van der Waals surface area contributed by atoms with E-state index in [4.69, 9.17) is 0 Å². The molecule has 1 aliphatic carbocycles. The predicted molar refractivity (Wildman–Crippen MR) is 76.6 cm³/mol. The first kappa shape index (κ1) is 14.0. The maximum Gasteiger partial charge on any atom is 0.241 e. The van der Waals surface area contributed by atoms with E-state index in [1.54, 1.807) is 12.1 Å². The quantitative estimate of drug-likeness (QED) is 0.843. The average Bonchev–Trinajstić information content (AvgIpc) is 3.11. The molecule has 0 heterocycles. The van der Waals surface area contributed by atoms with Crippen LogP contribution in [-0.2, 0) is 10.0 Å². The van der Waals surface area contributed by atoms with Gasteiger partial charge < -0.3 is 0 Å². The lowest BCUT2D eigenvalue weighted by atomic mass is 9.99. The standard InChI is InChI=1S/C13H18BrNO2S/c1-9(10(2)14)12-5-3-4-6-13(12)18(16,17)15-11-7-8-11/h3-6,9-11,15H,7-8H2,1-2H3. The Kier molecular flexibility index (Phi) is 4.14. The van der Waals surface area contributed by atoms with Crippen molar-refractivity contribution in [3.8, 4) is 0 Å². The molecule has 100 valence electrons. The molecule has 0 spiro atoms. The smallest absolute Gasteiger partial charge is 0.208 e. The molecular formula is C13H18BrNO2S. The van der Waals surface area contributed by atoms with Gasteiger partial charge in [0.2, 0.25) is 10.0 Å². The molecule has 1 N–H and O–H groups in total. The molecule has 0 bridgehead atoms. The van der Waals surface area contributed by atoms with E-state index in [2.05, 4.69) is 20.7 Å². The van der Waals surface area contributed by atoms with Crippen molar-refractivity contribution in [2.45, 2.75) is 48.4 Å². The second kappa shape index (κ2) is 5.31. The van der Waals surface area contributed by atoms with Gasteiger partial charge in [-0.2, -0.15) is 0 Å². The van der Waals surface area contributed by atoms with Crippen molar-refractivity contribution < 1.29 is 8.42 Å². The first-order valence-electron chi connectivity index (χ1n) is 6.17. The van der Waals surface area contributed by atoms with Crippen molar-refractivity contribution in [2.24, 2.45) is 0 Å². The third-order valence-corrected chi connectivity index (χ3v) is 5.67. The second-order valence-corrected chi connectivity index (χ2v) is 8.03. The van der Waals surface area contributed by atoms with Gasteiger partial charge in [-0.05, 0) is 30.4 Å². The molecule has 0 aromatic heterocycles. The molecule has 1 saturated carbocycles. The van der Waals surface area contributed by atoms with E-state index in [9.17, 15) is 8.42 Å². The first-order valence-corrected chi connectivity index (χ1v) is 8.57. The summed E-state index contributed by atoms with van der Waals surface area (Å²) in [5, 5.41) is 0. The van der Waals surface area contributed by atoms with Crippen molar-refractivity contribution in [3.63, 3.8) is 0 Å². The minimum absolute atomic E-state index is 0.139. The van der Waals surface area contributed by atoms with Crippen molar-refractivity contribution in [3.05, 3.63) is 29.8 Å². The lowest BCUT2D eigenvalue weighted by Crippen LogP contribution is -2.27. The van der Waals surface area contributed by atoms with E-state index in [0.717, 1.165) is 18.4 Å². The zero-order valence-electron chi connectivity index (χ0n) is 10.6. The van der Waals surface area contributed by atoms with Gasteiger partial charge in [0.1, 0.15) is 0 Å². The monoisotopic (exact) mass is 331 g/mol. The van der Waals surface area contributed by atoms with Gasteiger partial charge in [0.05, 0.1) is 4.90 Å². The zero-order valence-corrected chi connectivity index (χ0v) is 13.0. The van der Waals surface area contributed by atoms with E-state index in [-0.39, 0.29) is 16.8 Å². The van der Waals surface area contributed by atoms with E-state index in [1.165, 1.54) is 0 Å². The lowest BCUT2D eigenvalue weighted by molar-refractivity contribution is 0.578. The Morgan fingerprint density at radius 1 is 1.28 bits per heavy atom. The van der Waals surface area contributed by atoms with Crippen LogP contribution < -0.4 is 4.72 Å². The fourth-order valence-electron chi connectivity index (χ4n) is 1.83. The van der Waals surface area contributed by atoms with Crippen LogP contribution in [-0.4, -0.2) is 19.3 Å².